The summed E-state index contributed by atoms with van der Waals surface area (Å²) in [6.07, 6.45) is 3.43. The molecule has 7 nitrogen and oxygen atoms in total. The predicted molar refractivity (Wildman–Crippen MR) is 83.4 cm³/mol. The van der Waals surface area contributed by atoms with Crippen molar-refractivity contribution in [3.8, 4) is 0 Å². The summed E-state index contributed by atoms with van der Waals surface area (Å²) in [5, 5.41) is 7.29. The van der Waals surface area contributed by atoms with E-state index in [1.165, 1.54) is 0 Å². The van der Waals surface area contributed by atoms with Gasteiger partial charge in [-0.25, -0.2) is 0 Å². The summed E-state index contributed by atoms with van der Waals surface area (Å²) in [6, 6.07) is -0.00226. The fourth-order valence-electron chi connectivity index (χ4n) is 2.96. The molecule has 21 heavy (non-hydrogen) atoms. The van der Waals surface area contributed by atoms with E-state index in [1.54, 1.807) is 4.31 Å². The Hall–Kier alpha value is -0.700. The molecule has 4 N–H and O–H groups in total. The van der Waals surface area contributed by atoms with Gasteiger partial charge in [-0.15, -0.1) is 0 Å². The maximum atomic E-state index is 12.4. The molecule has 0 spiro atoms. The molecule has 0 unspecified atom stereocenters. The monoisotopic (exact) mass is 317 g/mol. The minimum atomic E-state index is -3.35. The second kappa shape index (κ2) is 7.04. The van der Waals surface area contributed by atoms with Gasteiger partial charge in [-0.2, -0.15) is 17.4 Å². The Morgan fingerprint density at radius 1 is 1.19 bits per heavy atom. The van der Waals surface area contributed by atoms with Gasteiger partial charge in [0, 0.05) is 32.2 Å². The first kappa shape index (κ1) is 16.7. The second-order valence-electron chi connectivity index (χ2n) is 6.28. The lowest BCUT2D eigenvalue weighted by atomic mass is 10.0. The molecular weight excluding hydrogens is 290 g/mol. The zero-order valence-electron chi connectivity index (χ0n) is 12.7. The highest BCUT2D eigenvalue weighted by Crippen LogP contribution is 2.19. The number of amidine groups is 1. The Bertz CT molecular complexity index is 451. The Kier molecular flexibility index (Phi) is 5.59. The summed E-state index contributed by atoms with van der Waals surface area (Å²) in [4.78, 5) is 2.09. The second-order valence-corrected chi connectivity index (χ2v) is 7.98. The molecule has 2 fully saturated rings. The quantitative estimate of drug-likeness (QED) is 0.489. The lowest BCUT2D eigenvalue weighted by molar-refractivity contribution is 0.227. The van der Waals surface area contributed by atoms with Gasteiger partial charge >= 0.3 is 0 Å². The van der Waals surface area contributed by atoms with Crippen LogP contribution in [-0.2, 0) is 10.2 Å². The number of rotatable bonds is 5. The van der Waals surface area contributed by atoms with Crippen LogP contribution in [0.3, 0.4) is 0 Å². The SMILES string of the molecule is CC1CCN(S(=O)(=O)NC2CCN(CC(=N)N)CC2)CC1. The molecule has 2 saturated heterocycles. The van der Waals surface area contributed by atoms with E-state index in [2.05, 4.69) is 16.5 Å². The third-order valence-electron chi connectivity index (χ3n) is 4.38. The van der Waals surface area contributed by atoms with E-state index in [0.717, 1.165) is 38.8 Å². The summed E-state index contributed by atoms with van der Waals surface area (Å²) in [7, 11) is -3.35. The van der Waals surface area contributed by atoms with E-state index >= 15 is 0 Å². The summed E-state index contributed by atoms with van der Waals surface area (Å²) < 4.78 is 29.2. The van der Waals surface area contributed by atoms with E-state index in [4.69, 9.17) is 11.1 Å². The molecule has 2 aliphatic heterocycles. The van der Waals surface area contributed by atoms with Crippen molar-refractivity contribution in [2.45, 2.75) is 38.6 Å². The summed E-state index contributed by atoms with van der Waals surface area (Å²) in [6.45, 7) is 5.46. The third-order valence-corrected chi connectivity index (χ3v) is 6.06. The van der Waals surface area contributed by atoms with Crippen LogP contribution in [0.5, 0.6) is 0 Å². The first-order valence-electron chi connectivity index (χ1n) is 7.69. The van der Waals surface area contributed by atoms with Gasteiger partial charge in [-0.3, -0.25) is 10.3 Å². The molecule has 8 heteroatoms. The number of hydrogen-bond acceptors (Lipinski definition) is 4. The van der Waals surface area contributed by atoms with Crippen LogP contribution in [0.15, 0.2) is 0 Å². The Labute approximate surface area is 127 Å². The van der Waals surface area contributed by atoms with Gasteiger partial charge in [0.15, 0.2) is 0 Å². The summed E-state index contributed by atoms with van der Waals surface area (Å²) in [5.41, 5.74) is 5.39. The van der Waals surface area contributed by atoms with Crippen LogP contribution in [0.1, 0.15) is 32.6 Å². The maximum Gasteiger partial charge on any atom is 0.279 e. The van der Waals surface area contributed by atoms with Gasteiger partial charge < -0.3 is 5.73 Å². The first-order valence-corrected chi connectivity index (χ1v) is 9.13. The molecule has 0 aromatic heterocycles. The smallest absolute Gasteiger partial charge is 0.279 e. The van der Waals surface area contributed by atoms with Crippen molar-refractivity contribution in [2.24, 2.45) is 11.7 Å². The first-order chi connectivity index (χ1) is 9.87. The van der Waals surface area contributed by atoms with E-state index in [9.17, 15) is 8.42 Å². The van der Waals surface area contributed by atoms with Crippen LogP contribution < -0.4 is 10.5 Å². The predicted octanol–water partition coefficient (Wildman–Crippen LogP) is -0.0469. The molecule has 0 aromatic carbocycles. The molecule has 2 heterocycles. The van der Waals surface area contributed by atoms with Crippen molar-refractivity contribution in [3.63, 3.8) is 0 Å². The number of piperidine rings is 2. The number of nitrogens with two attached hydrogens (primary N) is 1. The molecule has 0 amide bonds. The molecule has 2 rings (SSSR count). The average Bonchev–Trinajstić information content (AvgIpc) is 2.40. The maximum absolute atomic E-state index is 12.4. The molecule has 0 aromatic rings. The van der Waals surface area contributed by atoms with Crippen LogP contribution in [-0.4, -0.2) is 62.2 Å². The molecule has 0 aliphatic carbocycles. The third kappa shape index (κ3) is 4.91. The zero-order chi connectivity index (χ0) is 15.5. The van der Waals surface area contributed by atoms with Gasteiger partial charge in [0.1, 0.15) is 5.84 Å². The number of nitrogens with one attached hydrogen (secondary N) is 2. The Morgan fingerprint density at radius 3 is 2.29 bits per heavy atom. The van der Waals surface area contributed by atoms with Gasteiger partial charge in [0.25, 0.3) is 10.2 Å². The highest BCUT2D eigenvalue weighted by atomic mass is 32.2. The van der Waals surface area contributed by atoms with Crippen molar-refractivity contribution in [3.05, 3.63) is 0 Å². The molecular formula is C13H27N5O2S. The molecule has 0 bridgehead atoms. The average molecular weight is 317 g/mol. The van der Waals surface area contributed by atoms with Crippen LogP contribution in [0.25, 0.3) is 0 Å². The number of likely N-dealkylation sites (tertiary alicyclic amines) is 1. The zero-order valence-corrected chi connectivity index (χ0v) is 13.5. The summed E-state index contributed by atoms with van der Waals surface area (Å²) >= 11 is 0. The highest BCUT2D eigenvalue weighted by Gasteiger charge is 2.30. The number of nitrogens with zero attached hydrogens (tertiary/aromatic N) is 2. The fourth-order valence-corrected chi connectivity index (χ4v) is 4.46. The van der Waals surface area contributed by atoms with Crippen LogP contribution >= 0.6 is 0 Å². The van der Waals surface area contributed by atoms with Crippen molar-refractivity contribution in [1.29, 1.82) is 5.41 Å². The van der Waals surface area contributed by atoms with Crippen LogP contribution in [0, 0.1) is 11.3 Å². The van der Waals surface area contributed by atoms with Crippen molar-refractivity contribution in [1.82, 2.24) is 13.9 Å². The van der Waals surface area contributed by atoms with Crippen LogP contribution in [0.2, 0.25) is 0 Å². The van der Waals surface area contributed by atoms with Crippen molar-refractivity contribution >= 4 is 16.0 Å². The van der Waals surface area contributed by atoms with Crippen molar-refractivity contribution in [2.75, 3.05) is 32.7 Å². The standard InChI is InChI=1S/C13H27N5O2S/c1-11-2-8-18(9-3-11)21(19,20)16-12-4-6-17(7-5-12)10-13(14)15/h11-12,16H,2-10H2,1H3,(H3,14,15). The minimum absolute atomic E-state index is 0.00226. The van der Waals surface area contributed by atoms with E-state index < -0.39 is 10.2 Å². The topological polar surface area (TPSA) is 103 Å². The Balaban J connectivity index is 1.80. The summed E-state index contributed by atoms with van der Waals surface area (Å²) in [5.74, 6) is 0.780. The number of hydrogen-bond donors (Lipinski definition) is 3. The lowest BCUT2D eigenvalue weighted by Gasteiger charge is -2.34. The van der Waals surface area contributed by atoms with E-state index in [0.29, 0.717) is 25.6 Å². The van der Waals surface area contributed by atoms with Gasteiger partial charge in [-0.1, -0.05) is 6.92 Å². The largest absolute Gasteiger partial charge is 0.387 e. The van der Waals surface area contributed by atoms with E-state index in [-0.39, 0.29) is 11.9 Å². The van der Waals surface area contributed by atoms with Gasteiger partial charge in [0.05, 0.1) is 6.54 Å². The van der Waals surface area contributed by atoms with Gasteiger partial charge in [0.2, 0.25) is 0 Å². The highest BCUT2D eigenvalue weighted by molar-refractivity contribution is 7.87. The van der Waals surface area contributed by atoms with Gasteiger partial charge in [-0.05, 0) is 31.6 Å². The fraction of sp³-hybridized carbons (Fsp3) is 0.923. The molecule has 0 atom stereocenters. The molecule has 2 aliphatic rings. The Morgan fingerprint density at radius 2 is 1.76 bits per heavy atom. The molecule has 122 valence electrons. The minimum Gasteiger partial charge on any atom is -0.387 e. The van der Waals surface area contributed by atoms with Crippen LogP contribution in [0.4, 0.5) is 0 Å². The van der Waals surface area contributed by atoms with Crippen molar-refractivity contribution < 1.29 is 8.42 Å². The van der Waals surface area contributed by atoms with E-state index in [1.807, 2.05) is 0 Å². The normalized spacial score (nSPS) is 24.2. The molecule has 0 saturated carbocycles. The lowest BCUT2D eigenvalue weighted by Crippen LogP contribution is -2.51. The molecule has 0 radical (unpaired) electrons.